The van der Waals surface area contributed by atoms with E-state index in [0.29, 0.717) is 37.0 Å². The second-order valence-corrected chi connectivity index (χ2v) is 6.70. The number of amides is 1. The lowest BCUT2D eigenvalue weighted by molar-refractivity contribution is -0.138. The minimum atomic E-state index is 0.0531. The molecule has 2 N–H and O–H groups in total. The van der Waals surface area contributed by atoms with Gasteiger partial charge in [-0.25, -0.2) is 4.98 Å². The minimum absolute atomic E-state index is 0.0531. The van der Waals surface area contributed by atoms with Crippen LogP contribution in [0.4, 0.5) is 5.82 Å². The van der Waals surface area contributed by atoms with Crippen molar-refractivity contribution in [2.45, 2.75) is 25.4 Å². The zero-order chi connectivity index (χ0) is 17.6. The highest BCUT2D eigenvalue weighted by Crippen LogP contribution is 2.16. The number of aryl methyl sites for hydroxylation is 1. The maximum atomic E-state index is 12.5. The van der Waals surface area contributed by atoms with E-state index in [1.54, 1.807) is 6.20 Å². The van der Waals surface area contributed by atoms with Gasteiger partial charge in [-0.15, -0.1) is 0 Å². The predicted molar refractivity (Wildman–Crippen MR) is 98.4 cm³/mol. The first-order valence-corrected chi connectivity index (χ1v) is 8.82. The number of hydrogen-bond donors (Lipinski definition) is 1. The molecular weight excluding hydrogens is 338 g/mol. The van der Waals surface area contributed by atoms with Crippen molar-refractivity contribution in [3.63, 3.8) is 0 Å². The van der Waals surface area contributed by atoms with Gasteiger partial charge in [0, 0.05) is 24.3 Å². The van der Waals surface area contributed by atoms with Gasteiger partial charge in [0.25, 0.3) is 0 Å². The average molecular weight is 360 g/mol. The van der Waals surface area contributed by atoms with Crippen molar-refractivity contribution in [2.75, 3.05) is 25.4 Å². The molecule has 132 valence electrons. The van der Waals surface area contributed by atoms with Crippen LogP contribution in [0.1, 0.15) is 17.5 Å². The predicted octanol–water partition coefficient (Wildman–Crippen LogP) is 2.72. The summed E-state index contributed by atoms with van der Waals surface area (Å²) < 4.78 is 5.82. The van der Waals surface area contributed by atoms with Gasteiger partial charge >= 0.3 is 0 Å². The van der Waals surface area contributed by atoms with E-state index < -0.39 is 0 Å². The second-order valence-electron chi connectivity index (χ2n) is 6.26. The number of halogens is 1. The average Bonchev–Trinajstić information content (AvgIpc) is 2.62. The first kappa shape index (κ1) is 17.7. The molecule has 1 fully saturated rings. The summed E-state index contributed by atoms with van der Waals surface area (Å²) >= 11 is 5.89. The first-order valence-electron chi connectivity index (χ1n) is 8.44. The molecule has 0 radical (unpaired) electrons. The fraction of sp³-hybridized carbons (Fsp3) is 0.368. The summed E-state index contributed by atoms with van der Waals surface area (Å²) in [5, 5.41) is 0.680. The Morgan fingerprint density at radius 1 is 1.28 bits per heavy atom. The van der Waals surface area contributed by atoms with Crippen molar-refractivity contribution < 1.29 is 9.53 Å². The van der Waals surface area contributed by atoms with Gasteiger partial charge < -0.3 is 15.4 Å². The molecule has 3 rings (SSSR count). The van der Waals surface area contributed by atoms with E-state index in [1.807, 2.05) is 41.3 Å². The Bertz CT molecular complexity index is 721. The number of nitrogens with zero attached hydrogens (tertiary/aromatic N) is 2. The Kier molecular flexibility index (Phi) is 5.89. The van der Waals surface area contributed by atoms with Gasteiger partial charge in [-0.05, 0) is 48.2 Å². The maximum absolute atomic E-state index is 12.5. The Balaban J connectivity index is 1.51. The van der Waals surface area contributed by atoms with Crippen LogP contribution >= 0.6 is 11.6 Å². The fourth-order valence-corrected chi connectivity index (χ4v) is 3.11. The Morgan fingerprint density at radius 2 is 2.08 bits per heavy atom. The molecule has 1 aliphatic rings. The Labute approximate surface area is 152 Å². The van der Waals surface area contributed by atoms with Gasteiger partial charge in [-0.3, -0.25) is 4.79 Å². The molecule has 0 spiro atoms. The molecule has 1 aliphatic heterocycles. The van der Waals surface area contributed by atoms with Crippen molar-refractivity contribution in [2.24, 2.45) is 0 Å². The van der Waals surface area contributed by atoms with Crippen LogP contribution in [0, 0.1) is 0 Å². The lowest BCUT2D eigenvalue weighted by Crippen LogP contribution is -2.46. The van der Waals surface area contributed by atoms with Gasteiger partial charge in [-0.2, -0.15) is 0 Å². The summed E-state index contributed by atoms with van der Waals surface area (Å²) in [6.45, 7) is 1.85. The number of hydrogen-bond acceptors (Lipinski definition) is 4. The molecule has 1 atom stereocenters. The van der Waals surface area contributed by atoms with E-state index in [-0.39, 0.29) is 12.0 Å². The monoisotopic (exact) mass is 359 g/mol. The number of nitrogens with two attached hydrogens (primary N) is 1. The number of pyridine rings is 1. The molecule has 2 heterocycles. The van der Waals surface area contributed by atoms with Crippen LogP contribution in [-0.2, 0) is 22.4 Å². The van der Waals surface area contributed by atoms with Crippen LogP contribution in [0.2, 0.25) is 5.02 Å². The third kappa shape index (κ3) is 5.18. The van der Waals surface area contributed by atoms with Crippen LogP contribution < -0.4 is 5.73 Å². The largest absolute Gasteiger partial charge is 0.384 e. The molecule has 0 saturated carbocycles. The highest BCUT2D eigenvalue weighted by molar-refractivity contribution is 6.30. The summed E-state index contributed by atoms with van der Waals surface area (Å²) in [5.74, 6) is 0.658. The van der Waals surface area contributed by atoms with E-state index in [0.717, 1.165) is 24.0 Å². The smallest absolute Gasteiger partial charge is 0.227 e. The van der Waals surface area contributed by atoms with Crippen LogP contribution in [0.5, 0.6) is 0 Å². The summed E-state index contributed by atoms with van der Waals surface area (Å²) in [7, 11) is 0. The molecule has 1 aromatic heterocycles. The van der Waals surface area contributed by atoms with E-state index in [4.69, 9.17) is 22.1 Å². The standard InChI is InChI=1S/C19H22ClN3O2/c20-16-4-1-14(2-5-16)12-19(24)23-9-10-25-17(13-23)6-3-15-7-8-22-18(21)11-15/h1-2,4-5,7-8,11,17H,3,6,9-10,12-13H2,(H2,21,22). The molecule has 2 aromatic rings. The van der Waals surface area contributed by atoms with Crippen molar-refractivity contribution in [1.29, 1.82) is 0 Å². The molecule has 5 nitrogen and oxygen atoms in total. The molecule has 6 heteroatoms. The van der Waals surface area contributed by atoms with Crippen LogP contribution in [0.25, 0.3) is 0 Å². The second kappa shape index (κ2) is 8.32. The molecule has 0 aliphatic carbocycles. The van der Waals surface area contributed by atoms with E-state index in [9.17, 15) is 4.79 Å². The van der Waals surface area contributed by atoms with Gasteiger partial charge in [0.2, 0.25) is 5.91 Å². The lowest BCUT2D eigenvalue weighted by atomic mass is 10.1. The zero-order valence-corrected chi connectivity index (χ0v) is 14.8. The van der Waals surface area contributed by atoms with Gasteiger partial charge in [0.05, 0.1) is 19.1 Å². The van der Waals surface area contributed by atoms with Crippen molar-refractivity contribution >= 4 is 23.3 Å². The molecule has 1 aromatic carbocycles. The lowest BCUT2D eigenvalue weighted by Gasteiger charge is -2.33. The fourth-order valence-electron chi connectivity index (χ4n) is 2.99. The Hall–Kier alpha value is -2.11. The number of morpholine rings is 1. The number of carbonyl (C=O) groups is 1. The third-order valence-electron chi connectivity index (χ3n) is 4.36. The number of nitrogen functional groups attached to an aromatic ring is 1. The maximum Gasteiger partial charge on any atom is 0.227 e. The van der Waals surface area contributed by atoms with Crippen molar-refractivity contribution in [3.05, 3.63) is 58.7 Å². The first-order chi connectivity index (χ1) is 12.1. The number of anilines is 1. The van der Waals surface area contributed by atoms with Crippen molar-refractivity contribution in [3.8, 4) is 0 Å². The third-order valence-corrected chi connectivity index (χ3v) is 4.61. The number of aromatic nitrogens is 1. The summed E-state index contributed by atoms with van der Waals surface area (Å²) in [4.78, 5) is 18.4. The van der Waals surface area contributed by atoms with Crippen LogP contribution in [0.3, 0.4) is 0 Å². The summed E-state index contributed by atoms with van der Waals surface area (Å²) in [5.41, 5.74) is 7.82. The van der Waals surface area contributed by atoms with Gasteiger partial charge in [0.15, 0.2) is 0 Å². The highest BCUT2D eigenvalue weighted by atomic mass is 35.5. The highest BCUT2D eigenvalue weighted by Gasteiger charge is 2.24. The van der Waals surface area contributed by atoms with Crippen molar-refractivity contribution in [1.82, 2.24) is 9.88 Å². The van der Waals surface area contributed by atoms with Gasteiger partial charge in [-0.1, -0.05) is 23.7 Å². The summed E-state index contributed by atoms with van der Waals surface area (Å²) in [6.07, 6.45) is 3.88. The van der Waals surface area contributed by atoms with Gasteiger partial charge in [0.1, 0.15) is 5.82 Å². The van der Waals surface area contributed by atoms with E-state index >= 15 is 0 Å². The van der Waals surface area contributed by atoms with E-state index in [1.165, 1.54) is 0 Å². The molecule has 1 amide bonds. The molecule has 25 heavy (non-hydrogen) atoms. The van der Waals surface area contributed by atoms with Crippen LogP contribution in [0.15, 0.2) is 42.6 Å². The minimum Gasteiger partial charge on any atom is -0.384 e. The molecule has 0 bridgehead atoms. The number of rotatable bonds is 5. The zero-order valence-electron chi connectivity index (χ0n) is 14.0. The normalized spacial score (nSPS) is 17.5. The molecule has 1 saturated heterocycles. The summed E-state index contributed by atoms with van der Waals surface area (Å²) in [6, 6.07) is 11.3. The quantitative estimate of drug-likeness (QED) is 0.891. The topological polar surface area (TPSA) is 68.5 Å². The molecular formula is C19H22ClN3O2. The number of benzene rings is 1. The number of carbonyl (C=O) groups excluding carboxylic acids is 1. The van der Waals surface area contributed by atoms with E-state index in [2.05, 4.69) is 4.98 Å². The Morgan fingerprint density at radius 3 is 2.84 bits per heavy atom. The SMILES string of the molecule is Nc1cc(CCC2CN(C(=O)Cc3ccc(Cl)cc3)CCO2)ccn1. The van der Waals surface area contributed by atoms with Crippen LogP contribution in [-0.4, -0.2) is 41.6 Å². The number of ether oxygens (including phenoxy) is 1. The molecule has 1 unspecified atom stereocenters.